The summed E-state index contributed by atoms with van der Waals surface area (Å²) in [5.74, 6) is -0.959. The molecule has 0 radical (unpaired) electrons. The number of aromatic nitrogens is 2. The lowest BCUT2D eigenvalue weighted by Crippen LogP contribution is -1.93. The molecule has 14 heavy (non-hydrogen) atoms. The summed E-state index contributed by atoms with van der Waals surface area (Å²) in [6.07, 6.45) is 1.64. The van der Waals surface area contributed by atoms with E-state index in [0.29, 0.717) is 5.56 Å². The molecular formula is C10H9FN2O. The van der Waals surface area contributed by atoms with Crippen LogP contribution in [0.2, 0.25) is 0 Å². The van der Waals surface area contributed by atoms with Crippen molar-refractivity contribution in [3.63, 3.8) is 0 Å². The molecule has 3 nitrogen and oxygen atoms in total. The van der Waals surface area contributed by atoms with E-state index in [0.717, 1.165) is 5.69 Å². The van der Waals surface area contributed by atoms with Gasteiger partial charge in [-0.25, -0.2) is 4.39 Å². The lowest BCUT2D eigenvalue weighted by atomic mass is 10.1. The Morgan fingerprint density at radius 1 is 1.36 bits per heavy atom. The van der Waals surface area contributed by atoms with Crippen LogP contribution in [-0.2, 0) is 7.05 Å². The molecule has 0 fully saturated rings. The Balaban J connectivity index is 2.53. The number of hydrogen-bond acceptors (Lipinski definition) is 2. The predicted octanol–water partition coefficient (Wildman–Crippen LogP) is 1.93. The molecule has 0 bridgehead atoms. The standard InChI is InChI=1S/C10H9FN2O/c1-13-9(4-5-12-13)7-2-3-10(14)8(11)6-7/h2-6,14H,1H3. The zero-order valence-electron chi connectivity index (χ0n) is 7.61. The second-order valence-electron chi connectivity index (χ2n) is 3.01. The second-order valence-corrected chi connectivity index (χ2v) is 3.01. The molecule has 4 heteroatoms. The van der Waals surface area contributed by atoms with Crippen LogP contribution < -0.4 is 0 Å². The van der Waals surface area contributed by atoms with Crippen molar-refractivity contribution < 1.29 is 9.50 Å². The summed E-state index contributed by atoms with van der Waals surface area (Å²) in [6.45, 7) is 0. The Labute approximate surface area is 80.4 Å². The number of aryl methyl sites for hydroxylation is 1. The fourth-order valence-electron chi connectivity index (χ4n) is 1.32. The summed E-state index contributed by atoms with van der Waals surface area (Å²) in [6, 6.07) is 6.05. The molecule has 0 amide bonds. The second kappa shape index (κ2) is 3.14. The molecule has 0 unspecified atom stereocenters. The number of nitrogens with zero attached hydrogens (tertiary/aromatic N) is 2. The zero-order valence-corrected chi connectivity index (χ0v) is 7.61. The third-order valence-electron chi connectivity index (χ3n) is 2.06. The van der Waals surface area contributed by atoms with Crippen LogP contribution in [0.3, 0.4) is 0 Å². The van der Waals surface area contributed by atoms with Crippen LogP contribution in [0.15, 0.2) is 30.5 Å². The maximum Gasteiger partial charge on any atom is 0.165 e. The van der Waals surface area contributed by atoms with Crippen molar-refractivity contribution in [3.05, 3.63) is 36.3 Å². The highest BCUT2D eigenvalue weighted by atomic mass is 19.1. The summed E-state index contributed by atoms with van der Waals surface area (Å²) < 4.78 is 14.7. The molecule has 1 aromatic heterocycles. The minimum atomic E-state index is -0.622. The summed E-state index contributed by atoms with van der Waals surface area (Å²) in [5, 5.41) is 13.0. The minimum Gasteiger partial charge on any atom is -0.505 e. The van der Waals surface area contributed by atoms with Gasteiger partial charge in [0.05, 0.1) is 5.69 Å². The molecule has 1 heterocycles. The SMILES string of the molecule is Cn1nccc1-c1ccc(O)c(F)c1. The first-order valence-electron chi connectivity index (χ1n) is 4.15. The average molecular weight is 192 g/mol. The number of halogens is 1. The van der Waals surface area contributed by atoms with Gasteiger partial charge in [-0.1, -0.05) is 0 Å². The number of phenols is 1. The highest BCUT2D eigenvalue weighted by molar-refractivity contribution is 5.60. The van der Waals surface area contributed by atoms with Gasteiger partial charge in [-0.2, -0.15) is 5.10 Å². The molecule has 2 rings (SSSR count). The molecule has 0 saturated carbocycles. The monoisotopic (exact) mass is 192 g/mol. The number of rotatable bonds is 1. The van der Waals surface area contributed by atoms with Gasteiger partial charge in [0.2, 0.25) is 0 Å². The number of phenolic OH excluding ortho intramolecular Hbond substituents is 1. The van der Waals surface area contributed by atoms with Crippen LogP contribution in [0, 0.1) is 5.82 Å². The van der Waals surface area contributed by atoms with Gasteiger partial charge >= 0.3 is 0 Å². The molecule has 0 spiro atoms. The van der Waals surface area contributed by atoms with Gasteiger partial charge in [0.1, 0.15) is 0 Å². The van der Waals surface area contributed by atoms with E-state index >= 15 is 0 Å². The fraction of sp³-hybridized carbons (Fsp3) is 0.100. The molecule has 0 aliphatic heterocycles. The van der Waals surface area contributed by atoms with E-state index < -0.39 is 5.82 Å². The van der Waals surface area contributed by atoms with E-state index in [1.165, 1.54) is 12.1 Å². The first-order valence-corrected chi connectivity index (χ1v) is 4.15. The number of benzene rings is 1. The van der Waals surface area contributed by atoms with Gasteiger partial charge < -0.3 is 5.11 Å². The van der Waals surface area contributed by atoms with Crippen LogP contribution >= 0.6 is 0 Å². The largest absolute Gasteiger partial charge is 0.505 e. The Kier molecular flexibility index (Phi) is 1.96. The van der Waals surface area contributed by atoms with Crippen molar-refractivity contribution in [2.24, 2.45) is 7.05 Å². The predicted molar refractivity (Wildman–Crippen MR) is 50.3 cm³/mol. The lowest BCUT2D eigenvalue weighted by molar-refractivity contribution is 0.432. The Bertz CT molecular complexity index is 465. The number of aromatic hydroxyl groups is 1. The van der Waals surface area contributed by atoms with Gasteiger partial charge in [-0.3, -0.25) is 4.68 Å². The van der Waals surface area contributed by atoms with Crippen molar-refractivity contribution in [1.29, 1.82) is 0 Å². The van der Waals surface area contributed by atoms with E-state index in [2.05, 4.69) is 5.10 Å². The third kappa shape index (κ3) is 1.35. The molecule has 0 aliphatic carbocycles. The van der Waals surface area contributed by atoms with Crippen molar-refractivity contribution >= 4 is 0 Å². The van der Waals surface area contributed by atoms with Crippen LogP contribution in [0.4, 0.5) is 4.39 Å². The van der Waals surface area contributed by atoms with Crippen molar-refractivity contribution in [2.75, 3.05) is 0 Å². The van der Waals surface area contributed by atoms with Gasteiger partial charge in [0, 0.05) is 18.8 Å². The zero-order chi connectivity index (χ0) is 10.1. The molecule has 0 saturated heterocycles. The van der Waals surface area contributed by atoms with Gasteiger partial charge in [0.25, 0.3) is 0 Å². The first-order chi connectivity index (χ1) is 6.68. The summed E-state index contributed by atoms with van der Waals surface area (Å²) in [7, 11) is 1.78. The van der Waals surface area contributed by atoms with Gasteiger partial charge in [0.15, 0.2) is 11.6 Å². The molecule has 1 aromatic carbocycles. The average Bonchev–Trinajstić information content (AvgIpc) is 2.57. The molecular weight excluding hydrogens is 183 g/mol. The van der Waals surface area contributed by atoms with E-state index in [9.17, 15) is 4.39 Å². The highest BCUT2D eigenvalue weighted by Crippen LogP contribution is 2.23. The van der Waals surface area contributed by atoms with Gasteiger partial charge in [-0.15, -0.1) is 0 Å². The quantitative estimate of drug-likeness (QED) is 0.749. The van der Waals surface area contributed by atoms with Crippen LogP contribution in [-0.4, -0.2) is 14.9 Å². The maximum atomic E-state index is 13.0. The summed E-state index contributed by atoms with van der Waals surface area (Å²) in [5.41, 5.74) is 1.50. The molecule has 0 atom stereocenters. The normalized spacial score (nSPS) is 10.4. The molecule has 72 valence electrons. The molecule has 0 aliphatic rings. The van der Waals surface area contributed by atoms with Crippen LogP contribution in [0.25, 0.3) is 11.3 Å². The lowest BCUT2D eigenvalue weighted by Gasteiger charge is -2.02. The summed E-state index contributed by atoms with van der Waals surface area (Å²) >= 11 is 0. The van der Waals surface area contributed by atoms with Crippen LogP contribution in [0.1, 0.15) is 0 Å². The molecule has 2 aromatic rings. The Hall–Kier alpha value is -1.84. The van der Waals surface area contributed by atoms with Crippen molar-refractivity contribution in [3.8, 4) is 17.0 Å². The molecule has 1 N–H and O–H groups in total. The first kappa shape index (κ1) is 8.74. The third-order valence-corrected chi connectivity index (χ3v) is 2.06. The van der Waals surface area contributed by atoms with E-state index in [4.69, 9.17) is 5.11 Å². The minimum absolute atomic E-state index is 0.337. The topological polar surface area (TPSA) is 38.0 Å². The van der Waals surface area contributed by atoms with Crippen molar-refractivity contribution in [1.82, 2.24) is 9.78 Å². The highest BCUT2D eigenvalue weighted by Gasteiger charge is 2.06. The van der Waals surface area contributed by atoms with Crippen LogP contribution in [0.5, 0.6) is 5.75 Å². The fourth-order valence-corrected chi connectivity index (χ4v) is 1.32. The van der Waals surface area contributed by atoms with Crippen molar-refractivity contribution in [2.45, 2.75) is 0 Å². The van der Waals surface area contributed by atoms with E-state index in [-0.39, 0.29) is 5.75 Å². The summed E-state index contributed by atoms with van der Waals surface area (Å²) in [4.78, 5) is 0. The number of hydrogen-bond donors (Lipinski definition) is 1. The van der Waals surface area contributed by atoms with E-state index in [1.54, 1.807) is 30.1 Å². The Morgan fingerprint density at radius 3 is 2.71 bits per heavy atom. The smallest absolute Gasteiger partial charge is 0.165 e. The van der Waals surface area contributed by atoms with E-state index in [1.807, 2.05) is 0 Å². The Morgan fingerprint density at radius 2 is 2.14 bits per heavy atom. The maximum absolute atomic E-state index is 13.0. The van der Waals surface area contributed by atoms with Gasteiger partial charge in [-0.05, 0) is 24.3 Å².